The molecular weight excluding hydrogens is 480 g/mol. The van der Waals surface area contributed by atoms with E-state index in [1.54, 1.807) is 0 Å². The smallest absolute Gasteiger partial charge is 0.187 e. The highest BCUT2D eigenvalue weighted by atomic mass is 32.2. The Morgan fingerprint density at radius 3 is 1.56 bits per heavy atom. The van der Waals surface area contributed by atoms with Crippen molar-refractivity contribution in [1.29, 1.82) is 0 Å². The second kappa shape index (κ2) is 11.9. The van der Waals surface area contributed by atoms with Crippen LogP contribution in [-0.4, -0.2) is 144 Å². The summed E-state index contributed by atoms with van der Waals surface area (Å²) in [6.07, 6.45) is -18.8. The van der Waals surface area contributed by atoms with Crippen molar-refractivity contribution in [3.63, 3.8) is 0 Å². The SMILES string of the molecule is CCS[C@@H]1O[C@H](CO)[C@@H](O[C@@H]2O[C@@H](C)[C@H](O)[C@@H](O)[C@H]2O)[C@H](O)[C@H]1O[C@@H]1O[C@@H](C)[C@H](O)[C@@H](O)[C@H]1O. The Bertz CT molecular complexity index is 646. The molecule has 0 bridgehead atoms. The van der Waals surface area contributed by atoms with Gasteiger partial charge in [-0.15, -0.1) is 11.8 Å². The van der Waals surface area contributed by atoms with E-state index in [9.17, 15) is 40.9 Å². The van der Waals surface area contributed by atoms with Crippen molar-refractivity contribution in [3.05, 3.63) is 0 Å². The Morgan fingerprint density at radius 2 is 1.12 bits per heavy atom. The first-order valence-electron chi connectivity index (χ1n) is 11.3. The first-order chi connectivity index (χ1) is 16.0. The van der Waals surface area contributed by atoms with Crippen molar-refractivity contribution < 1.29 is 64.5 Å². The van der Waals surface area contributed by atoms with E-state index in [0.717, 1.165) is 0 Å². The molecule has 0 aromatic carbocycles. The molecule has 0 aromatic rings. The molecule has 3 aliphatic rings. The molecule has 3 saturated heterocycles. The van der Waals surface area contributed by atoms with Crippen LogP contribution in [0.25, 0.3) is 0 Å². The highest BCUT2D eigenvalue weighted by Crippen LogP contribution is 2.36. The second-order valence-corrected chi connectivity index (χ2v) is 10.1. The molecule has 13 nitrogen and oxygen atoms in total. The van der Waals surface area contributed by atoms with Crippen LogP contribution in [0.2, 0.25) is 0 Å². The van der Waals surface area contributed by atoms with Crippen LogP contribution in [-0.2, 0) is 23.7 Å². The molecule has 3 rings (SSSR count). The fraction of sp³-hybridized carbons (Fsp3) is 1.00. The van der Waals surface area contributed by atoms with Crippen molar-refractivity contribution >= 4 is 11.8 Å². The molecule has 34 heavy (non-hydrogen) atoms. The summed E-state index contributed by atoms with van der Waals surface area (Å²) in [6.45, 7) is 4.22. The molecule has 0 saturated carbocycles. The molecule has 200 valence electrons. The van der Waals surface area contributed by atoms with Gasteiger partial charge in [-0.25, -0.2) is 0 Å². The topological polar surface area (TPSA) is 208 Å². The van der Waals surface area contributed by atoms with Gasteiger partial charge in [0.05, 0.1) is 18.8 Å². The number of aliphatic hydroxyl groups excluding tert-OH is 8. The molecule has 3 heterocycles. The minimum Gasteiger partial charge on any atom is -0.394 e. The van der Waals surface area contributed by atoms with Crippen molar-refractivity contribution in [3.8, 4) is 0 Å². The lowest BCUT2D eigenvalue weighted by molar-refractivity contribution is -0.354. The van der Waals surface area contributed by atoms with E-state index in [1.165, 1.54) is 25.6 Å². The number of hydrogen-bond acceptors (Lipinski definition) is 14. The highest BCUT2D eigenvalue weighted by Gasteiger charge is 2.53. The van der Waals surface area contributed by atoms with Crippen molar-refractivity contribution in [2.24, 2.45) is 0 Å². The Labute approximate surface area is 201 Å². The minimum absolute atomic E-state index is 0.540. The van der Waals surface area contributed by atoms with Crippen molar-refractivity contribution in [2.75, 3.05) is 12.4 Å². The Hall–Kier alpha value is -0.170. The van der Waals surface area contributed by atoms with Crippen LogP contribution in [0.1, 0.15) is 20.8 Å². The quantitative estimate of drug-likeness (QED) is 0.164. The van der Waals surface area contributed by atoms with Gasteiger partial charge in [0.15, 0.2) is 12.6 Å². The number of rotatable bonds is 7. The van der Waals surface area contributed by atoms with Crippen molar-refractivity contribution in [2.45, 2.75) is 112 Å². The summed E-state index contributed by atoms with van der Waals surface area (Å²) < 4.78 is 28.3. The number of aliphatic hydroxyl groups is 8. The van der Waals surface area contributed by atoms with E-state index in [1.807, 2.05) is 6.92 Å². The van der Waals surface area contributed by atoms with Crippen LogP contribution in [0.4, 0.5) is 0 Å². The monoisotopic (exact) mass is 516 g/mol. The lowest BCUT2D eigenvalue weighted by Gasteiger charge is -2.48. The summed E-state index contributed by atoms with van der Waals surface area (Å²) in [7, 11) is 0. The molecular formula is C20H36O13S. The molecule has 0 aromatic heterocycles. The number of thioether (sulfide) groups is 1. The summed E-state index contributed by atoms with van der Waals surface area (Å²) in [4.78, 5) is 0. The molecule has 0 unspecified atom stereocenters. The summed E-state index contributed by atoms with van der Waals surface area (Å²) in [5.74, 6) is 0.540. The third-order valence-corrected chi connectivity index (χ3v) is 7.37. The summed E-state index contributed by atoms with van der Waals surface area (Å²) in [6, 6.07) is 0. The maximum absolute atomic E-state index is 11.2. The van der Waals surface area contributed by atoms with E-state index in [-0.39, 0.29) is 0 Å². The lowest BCUT2D eigenvalue weighted by Crippen LogP contribution is -2.65. The van der Waals surface area contributed by atoms with E-state index in [4.69, 9.17) is 23.7 Å². The Balaban J connectivity index is 1.80. The molecule has 15 atom stereocenters. The van der Waals surface area contributed by atoms with Crippen LogP contribution in [0.3, 0.4) is 0 Å². The van der Waals surface area contributed by atoms with Crippen LogP contribution < -0.4 is 0 Å². The average molecular weight is 517 g/mol. The van der Waals surface area contributed by atoms with Crippen LogP contribution >= 0.6 is 11.8 Å². The average Bonchev–Trinajstić information content (AvgIpc) is 2.81. The Kier molecular flexibility index (Phi) is 9.96. The van der Waals surface area contributed by atoms with Gasteiger partial charge in [0, 0.05) is 0 Å². The molecule has 3 aliphatic heterocycles. The van der Waals surface area contributed by atoms with Gasteiger partial charge in [0.1, 0.15) is 66.5 Å². The fourth-order valence-electron chi connectivity index (χ4n) is 4.21. The van der Waals surface area contributed by atoms with E-state index < -0.39 is 97.9 Å². The minimum atomic E-state index is -1.65. The van der Waals surface area contributed by atoms with Crippen LogP contribution in [0.5, 0.6) is 0 Å². The third-order valence-electron chi connectivity index (χ3n) is 6.33. The van der Waals surface area contributed by atoms with Gasteiger partial charge in [-0.2, -0.15) is 0 Å². The van der Waals surface area contributed by atoms with Gasteiger partial charge in [0.25, 0.3) is 0 Å². The molecule has 0 spiro atoms. The van der Waals surface area contributed by atoms with Crippen molar-refractivity contribution in [1.82, 2.24) is 0 Å². The Morgan fingerprint density at radius 1 is 0.647 bits per heavy atom. The molecule has 14 heteroatoms. The maximum atomic E-state index is 11.2. The van der Waals surface area contributed by atoms with E-state index in [2.05, 4.69) is 0 Å². The largest absolute Gasteiger partial charge is 0.394 e. The summed E-state index contributed by atoms with van der Waals surface area (Å²) >= 11 is 1.25. The maximum Gasteiger partial charge on any atom is 0.187 e. The molecule has 3 fully saturated rings. The van der Waals surface area contributed by atoms with E-state index in [0.29, 0.717) is 5.75 Å². The van der Waals surface area contributed by atoms with Gasteiger partial charge < -0.3 is 64.5 Å². The molecule has 8 N–H and O–H groups in total. The molecule has 0 amide bonds. The standard InChI is InChI=1S/C20H36O13S/c1-4-34-20-17(33-19-14(27)12(25)10(23)7(3)30-19)15(28)16(8(5-21)31-20)32-18-13(26)11(24)9(22)6(2)29-18/h6-28H,4-5H2,1-3H3/t6-,7-,8+,9-,10-,11+,12+,13+,14+,15-,16+,17+,18-,19-,20-/m0/s1. The van der Waals surface area contributed by atoms with Gasteiger partial charge in [0.2, 0.25) is 0 Å². The lowest BCUT2D eigenvalue weighted by atomic mass is 9.97. The molecule has 0 aliphatic carbocycles. The zero-order valence-electron chi connectivity index (χ0n) is 19.1. The zero-order valence-corrected chi connectivity index (χ0v) is 19.9. The van der Waals surface area contributed by atoms with Crippen LogP contribution in [0.15, 0.2) is 0 Å². The first kappa shape index (κ1) is 28.4. The second-order valence-electron chi connectivity index (χ2n) is 8.74. The summed E-state index contributed by atoms with van der Waals surface area (Å²) in [5, 5.41) is 81.6. The highest BCUT2D eigenvalue weighted by molar-refractivity contribution is 7.99. The van der Waals surface area contributed by atoms with Gasteiger partial charge >= 0.3 is 0 Å². The predicted molar refractivity (Wildman–Crippen MR) is 114 cm³/mol. The number of hydrogen-bond donors (Lipinski definition) is 8. The van der Waals surface area contributed by atoms with Gasteiger partial charge in [-0.1, -0.05) is 6.92 Å². The van der Waals surface area contributed by atoms with Gasteiger partial charge in [-0.05, 0) is 19.6 Å². The number of ether oxygens (including phenoxy) is 5. The fourth-order valence-corrected chi connectivity index (χ4v) is 5.18. The molecule has 0 radical (unpaired) electrons. The van der Waals surface area contributed by atoms with E-state index >= 15 is 0 Å². The zero-order chi connectivity index (χ0) is 25.3. The third kappa shape index (κ3) is 5.70. The normalized spacial score (nSPS) is 52.5. The van der Waals surface area contributed by atoms with Gasteiger partial charge in [-0.3, -0.25) is 0 Å². The van der Waals surface area contributed by atoms with Crippen LogP contribution in [0, 0.1) is 0 Å². The predicted octanol–water partition coefficient (Wildman–Crippen LogP) is -3.76. The first-order valence-corrected chi connectivity index (χ1v) is 12.3. The summed E-state index contributed by atoms with van der Waals surface area (Å²) in [5.41, 5.74) is -0.837.